The van der Waals surface area contributed by atoms with Gasteiger partial charge in [-0.15, -0.1) is 0 Å². The summed E-state index contributed by atoms with van der Waals surface area (Å²) >= 11 is 1.28. The van der Waals surface area contributed by atoms with Crippen molar-refractivity contribution < 1.29 is 39.6 Å². The number of benzene rings is 1. The Morgan fingerprint density at radius 2 is 1.56 bits per heavy atom. The Kier molecular flexibility index (Phi) is 7.18. The van der Waals surface area contributed by atoms with Gasteiger partial charge in [-0.1, -0.05) is 0 Å². The van der Waals surface area contributed by atoms with E-state index >= 15 is 0 Å². The van der Waals surface area contributed by atoms with Crippen LogP contribution in [0.1, 0.15) is 17.5 Å². The molecule has 0 unspecified atom stereocenters. The topological polar surface area (TPSA) is 106 Å². The zero-order valence-electron chi connectivity index (χ0n) is 13.6. The molecular weight excluding hydrogens is 424 g/mol. The Bertz CT molecular complexity index is 763. The third kappa shape index (κ3) is 5.73. The van der Waals surface area contributed by atoms with Gasteiger partial charge < -0.3 is 5.73 Å². The van der Waals surface area contributed by atoms with E-state index in [0.717, 1.165) is 0 Å². The molecule has 1 amide bonds. The van der Waals surface area contributed by atoms with Gasteiger partial charge in [-0.05, 0) is 36.6 Å². The second-order valence-corrected chi connectivity index (χ2v) is 8.07. The number of hydrazine groups is 1. The number of alkyl halides is 6. The molecule has 0 spiro atoms. The molecule has 0 aliphatic carbocycles. The van der Waals surface area contributed by atoms with Gasteiger partial charge in [0.15, 0.2) is 0 Å². The lowest BCUT2D eigenvalue weighted by Crippen LogP contribution is -2.50. The fourth-order valence-corrected chi connectivity index (χ4v) is 3.48. The Balaban J connectivity index is 3.42. The summed E-state index contributed by atoms with van der Waals surface area (Å²) in [5, 5.41) is 0. The van der Waals surface area contributed by atoms with E-state index in [1.807, 2.05) is 0 Å². The molecule has 1 aromatic rings. The molecule has 6 nitrogen and oxygen atoms in total. The van der Waals surface area contributed by atoms with Gasteiger partial charge in [0.05, 0.1) is 22.1 Å². The number of halogens is 6. The molecule has 0 saturated heterocycles. The summed E-state index contributed by atoms with van der Waals surface area (Å²) in [6.45, 7) is 0. The Morgan fingerprint density at radius 3 is 1.93 bits per heavy atom. The number of carbonyl (C=O) groups is 1. The zero-order valence-corrected chi connectivity index (χ0v) is 15.3. The van der Waals surface area contributed by atoms with Gasteiger partial charge in [-0.2, -0.15) is 50.9 Å². The van der Waals surface area contributed by atoms with Gasteiger partial charge in [0, 0.05) is 0 Å². The third-order valence-corrected chi connectivity index (χ3v) is 5.46. The van der Waals surface area contributed by atoms with Gasteiger partial charge in [0.2, 0.25) is 0 Å². The predicted octanol–water partition coefficient (Wildman–Crippen LogP) is 2.20. The maximum absolute atomic E-state index is 12.9. The van der Waals surface area contributed by atoms with Crippen LogP contribution in [-0.4, -0.2) is 36.8 Å². The zero-order chi connectivity index (χ0) is 21.2. The minimum atomic E-state index is -5.26. The second-order valence-electron chi connectivity index (χ2n) is 5.27. The molecule has 0 radical (unpaired) electrons. The van der Waals surface area contributed by atoms with Crippen molar-refractivity contribution in [3.8, 4) is 0 Å². The average molecular weight is 439 g/mol. The molecule has 0 aromatic heterocycles. The number of hydrogen-bond acceptors (Lipinski definition) is 6. The van der Waals surface area contributed by atoms with Crippen LogP contribution in [-0.2, 0) is 27.2 Å². The third-order valence-electron chi connectivity index (χ3n) is 3.29. The highest BCUT2D eigenvalue weighted by Gasteiger charge is 2.40. The van der Waals surface area contributed by atoms with E-state index in [9.17, 15) is 39.6 Å². The number of thioether (sulfide) groups is 1. The number of amides is 1. The van der Waals surface area contributed by atoms with Crippen LogP contribution in [0.4, 0.5) is 26.3 Å². The van der Waals surface area contributed by atoms with Gasteiger partial charge in [-0.3, -0.25) is 4.79 Å². The molecule has 0 fully saturated rings. The van der Waals surface area contributed by atoms with Crippen molar-refractivity contribution in [3.63, 3.8) is 0 Å². The minimum absolute atomic E-state index is 0.000385. The van der Waals surface area contributed by atoms with E-state index in [0.29, 0.717) is 5.75 Å². The van der Waals surface area contributed by atoms with Crippen LogP contribution in [0.3, 0.4) is 0 Å². The number of sulfonamides is 1. The molecule has 1 rings (SSSR count). The first-order valence-electron chi connectivity index (χ1n) is 7.00. The molecule has 0 saturated carbocycles. The fraction of sp³-hybridized carbons (Fsp3) is 0.462. The summed E-state index contributed by atoms with van der Waals surface area (Å²) in [5.41, 5.74) is 1.75. The summed E-state index contributed by atoms with van der Waals surface area (Å²) in [4.78, 5) is 10.5. The first kappa shape index (κ1) is 23.5. The molecule has 154 valence electrons. The van der Waals surface area contributed by atoms with E-state index in [1.165, 1.54) is 11.8 Å². The lowest BCUT2D eigenvalue weighted by Gasteiger charge is -2.21. The SMILES string of the molecule is CSCC[C@H](N)C(=O)N(N)S(=O)(=O)c1cc(C(F)(F)F)cc(C(F)(F)F)c1. The van der Waals surface area contributed by atoms with Gasteiger partial charge in [-0.25, -0.2) is 5.84 Å². The second kappa shape index (κ2) is 8.24. The van der Waals surface area contributed by atoms with E-state index in [1.54, 1.807) is 6.26 Å². The summed E-state index contributed by atoms with van der Waals surface area (Å²) in [6, 6.07) is -1.72. The highest BCUT2D eigenvalue weighted by Crippen LogP contribution is 2.37. The Hall–Kier alpha value is -1.51. The van der Waals surface area contributed by atoms with Crippen LogP contribution in [0.5, 0.6) is 0 Å². The number of nitrogens with two attached hydrogens (primary N) is 2. The molecule has 1 aromatic carbocycles. The van der Waals surface area contributed by atoms with E-state index < -0.39 is 54.8 Å². The van der Waals surface area contributed by atoms with Crippen molar-refractivity contribution >= 4 is 27.7 Å². The first-order valence-corrected chi connectivity index (χ1v) is 9.83. The number of rotatable bonds is 6. The monoisotopic (exact) mass is 439 g/mol. The molecule has 0 aliphatic rings. The average Bonchev–Trinajstić information content (AvgIpc) is 2.56. The molecular formula is C13H15F6N3O3S2. The standard InChI is InChI=1S/C13H15F6N3O3S2/c1-26-3-2-10(20)11(23)22(21)27(24,25)9-5-7(12(14,15)16)4-8(6-9)13(17,18)19/h4-6,10H,2-3,20-21H2,1H3/t10-/m0/s1. The van der Waals surface area contributed by atoms with Gasteiger partial charge >= 0.3 is 12.4 Å². The van der Waals surface area contributed by atoms with Crippen molar-refractivity contribution in [1.29, 1.82) is 0 Å². The molecule has 4 N–H and O–H groups in total. The van der Waals surface area contributed by atoms with Gasteiger partial charge in [0.1, 0.15) is 0 Å². The summed E-state index contributed by atoms with van der Waals surface area (Å²) in [7, 11) is -5.20. The van der Waals surface area contributed by atoms with Crippen LogP contribution >= 0.6 is 11.8 Å². The Labute approximate surface area is 154 Å². The van der Waals surface area contributed by atoms with E-state index in [4.69, 9.17) is 11.6 Å². The highest BCUT2D eigenvalue weighted by molar-refractivity contribution is 7.98. The quantitative estimate of drug-likeness (QED) is 0.305. The maximum atomic E-state index is 12.9. The normalized spacial score (nSPS) is 14.1. The van der Waals surface area contributed by atoms with Crippen molar-refractivity contribution in [2.45, 2.75) is 29.7 Å². The molecule has 27 heavy (non-hydrogen) atoms. The smallest absolute Gasteiger partial charge is 0.320 e. The lowest BCUT2D eigenvalue weighted by atomic mass is 10.1. The molecule has 0 bridgehead atoms. The summed E-state index contributed by atoms with van der Waals surface area (Å²) in [5.74, 6) is 4.15. The van der Waals surface area contributed by atoms with Crippen molar-refractivity contribution in [2.24, 2.45) is 11.6 Å². The van der Waals surface area contributed by atoms with Crippen LogP contribution in [0.25, 0.3) is 0 Å². The Morgan fingerprint density at radius 1 is 1.11 bits per heavy atom. The fourth-order valence-electron chi connectivity index (χ4n) is 1.84. The van der Waals surface area contributed by atoms with E-state index in [2.05, 4.69) is 0 Å². The summed E-state index contributed by atoms with van der Waals surface area (Å²) < 4.78 is 101. The number of carbonyl (C=O) groups excluding carboxylic acids is 1. The molecule has 0 heterocycles. The minimum Gasteiger partial charge on any atom is -0.320 e. The highest BCUT2D eigenvalue weighted by atomic mass is 32.2. The molecule has 14 heteroatoms. The summed E-state index contributed by atoms with van der Waals surface area (Å²) in [6.07, 6.45) is -8.84. The van der Waals surface area contributed by atoms with Crippen LogP contribution in [0.2, 0.25) is 0 Å². The van der Waals surface area contributed by atoms with Crippen LogP contribution < -0.4 is 11.6 Å². The van der Waals surface area contributed by atoms with Crippen LogP contribution in [0, 0.1) is 0 Å². The van der Waals surface area contributed by atoms with Crippen molar-refractivity contribution in [3.05, 3.63) is 29.3 Å². The van der Waals surface area contributed by atoms with Crippen molar-refractivity contribution in [2.75, 3.05) is 12.0 Å². The number of nitrogens with zero attached hydrogens (tertiary/aromatic N) is 1. The van der Waals surface area contributed by atoms with Gasteiger partial charge in [0.25, 0.3) is 15.9 Å². The largest absolute Gasteiger partial charge is 0.416 e. The molecule has 1 atom stereocenters. The van der Waals surface area contributed by atoms with E-state index in [-0.39, 0.29) is 24.6 Å². The first-order chi connectivity index (χ1) is 12.1. The molecule has 0 aliphatic heterocycles. The van der Waals surface area contributed by atoms with Crippen molar-refractivity contribution in [1.82, 2.24) is 4.41 Å². The number of hydrogen-bond donors (Lipinski definition) is 2. The predicted molar refractivity (Wildman–Crippen MR) is 85.6 cm³/mol. The lowest BCUT2D eigenvalue weighted by molar-refractivity contribution is -0.143. The maximum Gasteiger partial charge on any atom is 0.416 e. The van der Waals surface area contributed by atoms with Crippen LogP contribution in [0.15, 0.2) is 23.1 Å².